The third kappa shape index (κ3) is 2.61. The van der Waals surface area contributed by atoms with E-state index in [9.17, 15) is 0 Å². The molecule has 3 nitrogen and oxygen atoms in total. The molecule has 0 amide bonds. The molecule has 1 heterocycles. The Labute approximate surface area is 102 Å². The van der Waals surface area contributed by atoms with Crippen LogP contribution in [0.1, 0.15) is 18.3 Å². The summed E-state index contributed by atoms with van der Waals surface area (Å²) in [6.07, 6.45) is 1.78. The van der Waals surface area contributed by atoms with E-state index < -0.39 is 0 Å². The molecule has 0 spiro atoms. The predicted octanol–water partition coefficient (Wildman–Crippen LogP) is 3.16. The van der Waals surface area contributed by atoms with E-state index in [0.717, 1.165) is 28.4 Å². The number of nitrogens with zero attached hydrogens (tertiary/aromatic N) is 2. The number of rotatable bonds is 3. The zero-order valence-corrected chi connectivity index (χ0v) is 10.4. The molecule has 17 heavy (non-hydrogen) atoms. The number of benzene rings is 1. The standard InChI is InChI=1S/C14H16N2O/c1-4-17-14-6-5-12(9-10(14)2)13-7-8-15-11(3)16-13/h5-9H,4H2,1-3H3. The van der Waals surface area contributed by atoms with Gasteiger partial charge < -0.3 is 4.74 Å². The van der Waals surface area contributed by atoms with Crippen molar-refractivity contribution < 1.29 is 4.74 Å². The van der Waals surface area contributed by atoms with E-state index >= 15 is 0 Å². The van der Waals surface area contributed by atoms with Gasteiger partial charge in [0, 0.05) is 11.8 Å². The Morgan fingerprint density at radius 2 is 2.00 bits per heavy atom. The van der Waals surface area contributed by atoms with Gasteiger partial charge in [-0.2, -0.15) is 0 Å². The minimum atomic E-state index is 0.687. The van der Waals surface area contributed by atoms with E-state index in [0.29, 0.717) is 6.61 Å². The van der Waals surface area contributed by atoms with Gasteiger partial charge in [-0.1, -0.05) is 0 Å². The molecule has 1 aromatic heterocycles. The maximum atomic E-state index is 5.52. The van der Waals surface area contributed by atoms with Crippen molar-refractivity contribution in [2.75, 3.05) is 6.61 Å². The SMILES string of the molecule is CCOc1ccc(-c2ccnc(C)n2)cc1C. The van der Waals surface area contributed by atoms with Gasteiger partial charge in [0.05, 0.1) is 12.3 Å². The van der Waals surface area contributed by atoms with Crippen molar-refractivity contribution in [3.8, 4) is 17.0 Å². The maximum Gasteiger partial charge on any atom is 0.125 e. The molecule has 0 atom stereocenters. The normalized spacial score (nSPS) is 10.3. The summed E-state index contributed by atoms with van der Waals surface area (Å²) in [7, 11) is 0. The highest BCUT2D eigenvalue weighted by Gasteiger charge is 2.04. The average molecular weight is 228 g/mol. The molecule has 0 bridgehead atoms. The quantitative estimate of drug-likeness (QED) is 0.809. The van der Waals surface area contributed by atoms with Gasteiger partial charge in [0.25, 0.3) is 0 Å². The number of ether oxygens (including phenoxy) is 1. The van der Waals surface area contributed by atoms with Crippen LogP contribution in [0.5, 0.6) is 5.75 Å². The Bertz CT molecular complexity index is 523. The minimum absolute atomic E-state index is 0.687. The van der Waals surface area contributed by atoms with Gasteiger partial charge in [-0.05, 0) is 50.6 Å². The van der Waals surface area contributed by atoms with Gasteiger partial charge in [0.15, 0.2) is 0 Å². The molecule has 1 aromatic carbocycles. The van der Waals surface area contributed by atoms with Gasteiger partial charge in [-0.3, -0.25) is 0 Å². The summed E-state index contributed by atoms with van der Waals surface area (Å²) < 4.78 is 5.52. The van der Waals surface area contributed by atoms with E-state index in [1.165, 1.54) is 0 Å². The van der Waals surface area contributed by atoms with E-state index in [4.69, 9.17) is 4.74 Å². The summed E-state index contributed by atoms with van der Waals surface area (Å²) in [6, 6.07) is 8.03. The first-order chi connectivity index (χ1) is 8.20. The highest BCUT2D eigenvalue weighted by molar-refractivity contribution is 5.61. The average Bonchev–Trinajstić information content (AvgIpc) is 2.32. The van der Waals surface area contributed by atoms with Crippen molar-refractivity contribution in [1.82, 2.24) is 9.97 Å². The van der Waals surface area contributed by atoms with Crippen molar-refractivity contribution in [1.29, 1.82) is 0 Å². The van der Waals surface area contributed by atoms with Crippen LogP contribution in [-0.4, -0.2) is 16.6 Å². The van der Waals surface area contributed by atoms with Crippen LogP contribution in [0.2, 0.25) is 0 Å². The number of aromatic nitrogens is 2. The van der Waals surface area contributed by atoms with Crippen LogP contribution in [0, 0.1) is 13.8 Å². The molecule has 0 aliphatic heterocycles. The lowest BCUT2D eigenvalue weighted by atomic mass is 10.1. The van der Waals surface area contributed by atoms with Crippen LogP contribution in [-0.2, 0) is 0 Å². The van der Waals surface area contributed by atoms with Gasteiger partial charge >= 0.3 is 0 Å². The second-order valence-corrected chi connectivity index (χ2v) is 3.90. The van der Waals surface area contributed by atoms with Gasteiger partial charge in [0.1, 0.15) is 11.6 Å². The van der Waals surface area contributed by atoms with Crippen LogP contribution >= 0.6 is 0 Å². The first-order valence-corrected chi connectivity index (χ1v) is 5.74. The fourth-order valence-corrected chi connectivity index (χ4v) is 1.74. The lowest BCUT2D eigenvalue weighted by Crippen LogP contribution is -1.95. The molecule has 2 rings (SSSR count). The first-order valence-electron chi connectivity index (χ1n) is 5.74. The van der Waals surface area contributed by atoms with E-state index in [2.05, 4.69) is 16.0 Å². The second kappa shape index (κ2) is 4.95. The maximum absolute atomic E-state index is 5.52. The second-order valence-electron chi connectivity index (χ2n) is 3.90. The summed E-state index contributed by atoms with van der Waals surface area (Å²) >= 11 is 0. The highest BCUT2D eigenvalue weighted by Crippen LogP contribution is 2.24. The Balaban J connectivity index is 2.37. The van der Waals surface area contributed by atoms with Crippen LogP contribution < -0.4 is 4.74 Å². The summed E-state index contributed by atoms with van der Waals surface area (Å²) in [5.41, 5.74) is 3.17. The minimum Gasteiger partial charge on any atom is -0.494 e. The van der Waals surface area contributed by atoms with E-state index in [1.807, 2.05) is 39.0 Å². The molecule has 0 fully saturated rings. The van der Waals surface area contributed by atoms with Crippen LogP contribution in [0.3, 0.4) is 0 Å². The highest BCUT2D eigenvalue weighted by atomic mass is 16.5. The number of hydrogen-bond donors (Lipinski definition) is 0. The van der Waals surface area contributed by atoms with E-state index in [1.54, 1.807) is 6.20 Å². The van der Waals surface area contributed by atoms with Crippen LogP contribution in [0.4, 0.5) is 0 Å². The number of hydrogen-bond acceptors (Lipinski definition) is 3. The largest absolute Gasteiger partial charge is 0.494 e. The Morgan fingerprint density at radius 3 is 2.65 bits per heavy atom. The van der Waals surface area contributed by atoms with Crippen LogP contribution in [0.25, 0.3) is 11.3 Å². The Morgan fingerprint density at radius 1 is 1.18 bits per heavy atom. The molecule has 0 saturated carbocycles. The summed E-state index contributed by atoms with van der Waals surface area (Å²) in [6.45, 7) is 6.61. The lowest BCUT2D eigenvalue weighted by Gasteiger charge is -2.08. The molecular formula is C14H16N2O. The topological polar surface area (TPSA) is 35.0 Å². The monoisotopic (exact) mass is 228 g/mol. The molecular weight excluding hydrogens is 212 g/mol. The third-order valence-corrected chi connectivity index (χ3v) is 2.55. The Kier molecular flexibility index (Phi) is 3.38. The molecule has 2 aromatic rings. The fraction of sp³-hybridized carbons (Fsp3) is 0.286. The van der Waals surface area contributed by atoms with Crippen molar-refractivity contribution >= 4 is 0 Å². The molecule has 0 radical (unpaired) electrons. The molecule has 3 heteroatoms. The predicted molar refractivity (Wildman–Crippen MR) is 68.1 cm³/mol. The molecule has 0 saturated heterocycles. The zero-order chi connectivity index (χ0) is 12.3. The fourth-order valence-electron chi connectivity index (χ4n) is 1.74. The van der Waals surface area contributed by atoms with Crippen molar-refractivity contribution in [2.45, 2.75) is 20.8 Å². The lowest BCUT2D eigenvalue weighted by molar-refractivity contribution is 0.338. The van der Waals surface area contributed by atoms with Gasteiger partial charge in [0.2, 0.25) is 0 Å². The molecule has 0 aliphatic rings. The van der Waals surface area contributed by atoms with Crippen molar-refractivity contribution in [3.05, 3.63) is 41.9 Å². The Hall–Kier alpha value is -1.90. The van der Waals surface area contributed by atoms with Crippen LogP contribution in [0.15, 0.2) is 30.5 Å². The molecule has 0 aliphatic carbocycles. The summed E-state index contributed by atoms with van der Waals surface area (Å²) in [5.74, 6) is 1.72. The van der Waals surface area contributed by atoms with Gasteiger partial charge in [-0.25, -0.2) is 9.97 Å². The first kappa shape index (κ1) is 11.6. The number of aryl methyl sites for hydroxylation is 2. The van der Waals surface area contributed by atoms with Crippen molar-refractivity contribution in [3.63, 3.8) is 0 Å². The molecule has 0 unspecified atom stereocenters. The van der Waals surface area contributed by atoms with Gasteiger partial charge in [-0.15, -0.1) is 0 Å². The van der Waals surface area contributed by atoms with Crippen molar-refractivity contribution in [2.24, 2.45) is 0 Å². The zero-order valence-electron chi connectivity index (χ0n) is 10.4. The third-order valence-electron chi connectivity index (χ3n) is 2.55. The molecule has 88 valence electrons. The van der Waals surface area contributed by atoms with E-state index in [-0.39, 0.29) is 0 Å². The molecule has 0 N–H and O–H groups in total. The smallest absolute Gasteiger partial charge is 0.125 e. The summed E-state index contributed by atoms with van der Waals surface area (Å²) in [4.78, 5) is 8.51. The summed E-state index contributed by atoms with van der Waals surface area (Å²) in [5, 5.41) is 0.